The Morgan fingerprint density at radius 1 is 1.00 bits per heavy atom. The molecule has 0 radical (unpaired) electrons. The Morgan fingerprint density at radius 2 is 1.74 bits per heavy atom. The Kier molecular flexibility index (Phi) is 5.36. The highest BCUT2D eigenvalue weighted by molar-refractivity contribution is 7.46. The largest absolute Gasteiger partial charge is 0.524 e. The summed E-state index contributed by atoms with van der Waals surface area (Å²) in [5.41, 5.74) is 1.47. The van der Waals surface area contributed by atoms with E-state index in [2.05, 4.69) is 10.3 Å². The van der Waals surface area contributed by atoms with Gasteiger partial charge in [-0.25, -0.2) is 9.25 Å². The fourth-order valence-electron chi connectivity index (χ4n) is 3.13. The van der Waals surface area contributed by atoms with Crippen molar-refractivity contribution in [1.29, 1.82) is 0 Å². The van der Waals surface area contributed by atoms with Crippen LogP contribution in [0.5, 0.6) is 34.5 Å². The zero-order valence-electron chi connectivity index (χ0n) is 16.6. The lowest BCUT2D eigenvalue weighted by Crippen LogP contribution is -2.02. The van der Waals surface area contributed by atoms with Gasteiger partial charge in [-0.3, -0.25) is 9.79 Å². The van der Waals surface area contributed by atoms with Gasteiger partial charge in [-0.05, 0) is 12.1 Å². The van der Waals surface area contributed by atoms with E-state index in [1.807, 2.05) is 0 Å². The number of ether oxygens (including phenoxy) is 5. The van der Waals surface area contributed by atoms with Crippen LogP contribution in [0.1, 0.15) is 0 Å². The number of nitrogens with zero attached hydrogens (tertiary/aromatic N) is 3. The van der Waals surface area contributed by atoms with E-state index in [1.165, 1.54) is 38.3 Å². The van der Waals surface area contributed by atoms with Gasteiger partial charge in [0.05, 0.1) is 38.9 Å². The van der Waals surface area contributed by atoms with Crippen LogP contribution in [0, 0.1) is 0 Å². The molecule has 1 aliphatic rings. The Hall–Kier alpha value is -3.47. The van der Waals surface area contributed by atoms with Gasteiger partial charge in [0.2, 0.25) is 18.3 Å². The average Bonchev–Trinajstić information content (AvgIpc) is 3.40. The maximum atomic E-state index is 11.4. The number of fused-ring (bicyclic) bond motifs is 1. The van der Waals surface area contributed by atoms with Crippen molar-refractivity contribution >= 4 is 7.82 Å². The molecular weight excluding hydrogens is 433 g/mol. The van der Waals surface area contributed by atoms with Crippen LogP contribution >= 0.6 is 7.82 Å². The lowest BCUT2D eigenvalue weighted by Gasteiger charge is -2.16. The van der Waals surface area contributed by atoms with Crippen molar-refractivity contribution in [1.82, 2.24) is 15.0 Å². The first-order valence-corrected chi connectivity index (χ1v) is 10.3. The second kappa shape index (κ2) is 7.99. The Morgan fingerprint density at radius 3 is 2.42 bits per heavy atom. The predicted molar refractivity (Wildman–Crippen MR) is 105 cm³/mol. The average molecular weight is 451 g/mol. The predicted octanol–water partition coefficient (Wildman–Crippen LogP) is 2.16. The van der Waals surface area contributed by atoms with Crippen molar-refractivity contribution in [2.45, 2.75) is 0 Å². The zero-order valence-corrected chi connectivity index (χ0v) is 17.5. The quantitative estimate of drug-likeness (QED) is 0.510. The fourth-order valence-corrected chi connectivity index (χ4v) is 3.53. The van der Waals surface area contributed by atoms with E-state index in [0.29, 0.717) is 34.2 Å². The maximum Gasteiger partial charge on any atom is 0.524 e. The topological polar surface area (TPSA) is 144 Å². The van der Waals surface area contributed by atoms with Crippen LogP contribution in [0.15, 0.2) is 30.5 Å². The fraction of sp³-hybridized carbons (Fsp3) is 0.222. The van der Waals surface area contributed by atoms with Crippen molar-refractivity contribution in [3.05, 3.63) is 30.5 Å². The lowest BCUT2D eigenvalue weighted by atomic mass is 10.1. The summed E-state index contributed by atoms with van der Waals surface area (Å²) in [6.45, 7) is 0.0676. The van der Waals surface area contributed by atoms with E-state index < -0.39 is 7.82 Å². The molecular formula is C18H18N3O9P. The minimum atomic E-state index is -4.87. The van der Waals surface area contributed by atoms with Gasteiger partial charge < -0.3 is 28.2 Å². The smallest absolute Gasteiger partial charge is 0.493 e. The lowest BCUT2D eigenvalue weighted by molar-refractivity contribution is 0.171. The van der Waals surface area contributed by atoms with Crippen LogP contribution in [0.25, 0.3) is 16.9 Å². The normalized spacial score (nSPS) is 12.5. The molecule has 4 rings (SSSR count). The third-order valence-corrected chi connectivity index (χ3v) is 4.83. The molecule has 1 aromatic heterocycles. The van der Waals surface area contributed by atoms with Crippen molar-refractivity contribution in [3.8, 4) is 51.4 Å². The van der Waals surface area contributed by atoms with Gasteiger partial charge in [0.25, 0.3) is 0 Å². The summed E-state index contributed by atoms with van der Waals surface area (Å²) in [7, 11) is -0.644. The minimum Gasteiger partial charge on any atom is -0.493 e. The third-order valence-electron chi connectivity index (χ3n) is 4.39. The van der Waals surface area contributed by atoms with Crippen LogP contribution < -0.4 is 28.2 Å². The molecule has 0 saturated carbocycles. The number of aromatic nitrogens is 3. The first kappa shape index (κ1) is 20.8. The standard InChI is InChI=1S/C18H18N3O9P/c1-25-13-4-10(5-16(17(13)27-3)30-31(22,23)24)12-8-19-20-21(12)11-6-14(26-2)18-15(7-11)28-9-29-18/h4-8H,9H2,1-3H3,(H2,22,23,24). The second-order valence-electron chi connectivity index (χ2n) is 6.20. The number of rotatable bonds is 7. The molecule has 1 aliphatic heterocycles. The highest BCUT2D eigenvalue weighted by Crippen LogP contribution is 2.48. The molecule has 2 N–H and O–H groups in total. The summed E-state index contributed by atoms with van der Waals surface area (Å²) in [5.74, 6) is 1.42. The number of benzene rings is 2. The number of phosphoric ester groups is 1. The SMILES string of the molecule is COc1cc(-c2cnnn2-c2cc(OC)c3c(c2)OCO3)cc(OP(=O)(O)O)c1OC. The second-order valence-corrected chi connectivity index (χ2v) is 7.37. The summed E-state index contributed by atoms with van der Waals surface area (Å²) < 4.78 is 44.5. The van der Waals surface area contributed by atoms with Crippen molar-refractivity contribution in [2.75, 3.05) is 28.1 Å². The molecule has 0 amide bonds. The molecule has 12 nitrogen and oxygen atoms in total. The molecule has 0 fully saturated rings. The van der Waals surface area contributed by atoms with E-state index in [1.54, 1.807) is 18.2 Å². The molecule has 0 unspecified atom stereocenters. The highest BCUT2D eigenvalue weighted by Gasteiger charge is 2.25. The van der Waals surface area contributed by atoms with Gasteiger partial charge in [-0.15, -0.1) is 5.10 Å². The molecule has 0 spiro atoms. The first-order valence-electron chi connectivity index (χ1n) is 8.75. The maximum absolute atomic E-state index is 11.4. The Labute approximate surface area is 176 Å². The molecule has 3 aromatic rings. The Bertz CT molecular complexity index is 1170. The summed E-state index contributed by atoms with van der Waals surface area (Å²) >= 11 is 0. The highest BCUT2D eigenvalue weighted by atomic mass is 31.2. The van der Waals surface area contributed by atoms with Gasteiger partial charge in [0.15, 0.2) is 23.0 Å². The molecule has 0 saturated heterocycles. The van der Waals surface area contributed by atoms with E-state index in [-0.39, 0.29) is 24.0 Å². The van der Waals surface area contributed by atoms with Crippen LogP contribution in [-0.2, 0) is 4.57 Å². The third kappa shape index (κ3) is 3.96. The molecule has 2 heterocycles. The first-order chi connectivity index (χ1) is 14.8. The van der Waals surface area contributed by atoms with Crippen molar-refractivity contribution in [3.63, 3.8) is 0 Å². The van der Waals surface area contributed by atoms with E-state index in [4.69, 9.17) is 28.2 Å². The van der Waals surface area contributed by atoms with Gasteiger partial charge in [0, 0.05) is 17.7 Å². The van der Waals surface area contributed by atoms with Gasteiger partial charge in [0.1, 0.15) is 0 Å². The summed E-state index contributed by atoms with van der Waals surface area (Å²) in [5, 5.41) is 8.07. The summed E-state index contributed by atoms with van der Waals surface area (Å²) in [6.07, 6.45) is 1.47. The van der Waals surface area contributed by atoms with Gasteiger partial charge in [-0.2, -0.15) is 0 Å². The van der Waals surface area contributed by atoms with Gasteiger partial charge in [-0.1, -0.05) is 5.21 Å². The monoisotopic (exact) mass is 451 g/mol. The number of methoxy groups -OCH3 is 3. The molecule has 2 aromatic carbocycles. The van der Waals surface area contributed by atoms with Crippen LogP contribution in [0.2, 0.25) is 0 Å². The molecule has 0 bridgehead atoms. The molecule has 13 heteroatoms. The van der Waals surface area contributed by atoms with E-state index in [9.17, 15) is 14.4 Å². The van der Waals surface area contributed by atoms with Gasteiger partial charge >= 0.3 is 7.82 Å². The van der Waals surface area contributed by atoms with Crippen molar-refractivity contribution in [2.24, 2.45) is 0 Å². The van der Waals surface area contributed by atoms with Crippen molar-refractivity contribution < 1.29 is 42.6 Å². The van der Waals surface area contributed by atoms with Crippen LogP contribution in [0.3, 0.4) is 0 Å². The summed E-state index contributed by atoms with van der Waals surface area (Å²) in [4.78, 5) is 18.6. The Balaban J connectivity index is 1.86. The zero-order chi connectivity index (χ0) is 22.2. The molecule has 31 heavy (non-hydrogen) atoms. The van der Waals surface area contributed by atoms with Crippen LogP contribution in [0.4, 0.5) is 0 Å². The minimum absolute atomic E-state index is 0.0262. The van der Waals surface area contributed by atoms with E-state index in [0.717, 1.165) is 0 Å². The molecule has 0 aliphatic carbocycles. The molecule has 0 atom stereocenters. The number of phosphoric acid groups is 1. The number of hydrogen-bond acceptors (Lipinski definition) is 9. The molecule has 164 valence electrons. The van der Waals surface area contributed by atoms with E-state index >= 15 is 0 Å². The van der Waals surface area contributed by atoms with Crippen LogP contribution in [-0.4, -0.2) is 52.9 Å². The summed E-state index contributed by atoms with van der Waals surface area (Å²) in [6, 6.07) is 6.39. The number of hydrogen-bond donors (Lipinski definition) is 2.